The van der Waals surface area contributed by atoms with Gasteiger partial charge in [0.05, 0.1) is 11.4 Å². The number of fused-ring (bicyclic) bond motifs is 1. The van der Waals surface area contributed by atoms with Crippen LogP contribution in [0.2, 0.25) is 0 Å². The predicted molar refractivity (Wildman–Crippen MR) is 104 cm³/mol. The normalized spacial score (nSPS) is 12.8. The minimum Gasteiger partial charge on any atom is -0.481 e. The molecule has 26 heavy (non-hydrogen) atoms. The van der Waals surface area contributed by atoms with E-state index in [1.54, 1.807) is 0 Å². The highest BCUT2D eigenvalue weighted by Crippen LogP contribution is 2.38. The number of nitrogens with zero attached hydrogens (tertiary/aromatic N) is 1. The number of aryl methyl sites for hydroxylation is 1. The smallest absolute Gasteiger partial charge is 0.303 e. The maximum Gasteiger partial charge on any atom is 0.303 e. The van der Waals surface area contributed by atoms with Crippen molar-refractivity contribution in [3.8, 4) is 0 Å². The minimum atomic E-state index is -0.769. The molecule has 1 heterocycles. The van der Waals surface area contributed by atoms with Crippen molar-refractivity contribution in [3.05, 3.63) is 77.6 Å². The molecule has 1 aliphatic carbocycles. The number of hydrogen-bond acceptors (Lipinski definition) is 3. The Morgan fingerprint density at radius 1 is 1.04 bits per heavy atom. The first-order chi connectivity index (χ1) is 12.7. The second kappa shape index (κ2) is 7.00. The van der Waals surface area contributed by atoms with Crippen molar-refractivity contribution in [3.63, 3.8) is 0 Å². The van der Waals surface area contributed by atoms with Crippen LogP contribution in [-0.4, -0.2) is 16.1 Å². The fraction of sp³-hybridized carbons (Fsp3) is 0.182. The molecule has 4 heteroatoms. The second-order valence-corrected chi connectivity index (χ2v) is 6.57. The molecule has 4 rings (SSSR count). The summed E-state index contributed by atoms with van der Waals surface area (Å²) in [6.45, 7) is 0. The van der Waals surface area contributed by atoms with Gasteiger partial charge in [0.25, 0.3) is 0 Å². The molecule has 130 valence electrons. The lowest BCUT2D eigenvalue weighted by Crippen LogP contribution is -2.03. The van der Waals surface area contributed by atoms with Crippen LogP contribution in [0, 0.1) is 0 Å². The molecule has 0 bridgehead atoms. The summed E-state index contributed by atoms with van der Waals surface area (Å²) in [6.07, 6.45) is 4.77. The summed E-state index contributed by atoms with van der Waals surface area (Å²) in [5.74, 6) is -0.769. The van der Waals surface area contributed by atoms with Crippen LogP contribution in [0.4, 0.5) is 5.69 Å². The van der Waals surface area contributed by atoms with Crippen LogP contribution >= 0.6 is 0 Å². The van der Waals surface area contributed by atoms with Crippen LogP contribution < -0.4 is 5.32 Å². The minimum absolute atomic E-state index is 0.155. The van der Waals surface area contributed by atoms with Crippen molar-refractivity contribution >= 4 is 28.1 Å². The Balaban J connectivity index is 1.61. The number of hydrogen-bond donors (Lipinski definition) is 2. The number of aliphatic carboxylic acids is 1. The number of carbonyl (C=O) groups is 1. The first kappa shape index (κ1) is 16.3. The number of carboxylic acids is 1. The lowest BCUT2D eigenvalue weighted by atomic mass is 10.1. The second-order valence-electron chi connectivity index (χ2n) is 6.57. The van der Waals surface area contributed by atoms with Gasteiger partial charge in [-0.2, -0.15) is 0 Å². The number of aromatic nitrogens is 1. The molecule has 0 amide bonds. The van der Waals surface area contributed by atoms with E-state index < -0.39 is 5.97 Å². The van der Waals surface area contributed by atoms with Gasteiger partial charge in [-0.05, 0) is 54.0 Å². The van der Waals surface area contributed by atoms with Gasteiger partial charge in [-0.3, -0.25) is 9.78 Å². The van der Waals surface area contributed by atoms with Crippen LogP contribution in [0.25, 0.3) is 16.5 Å². The number of rotatable bonds is 6. The van der Waals surface area contributed by atoms with E-state index in [-0.39, 0.29) is 6.42 Å². The number of carboxylic acid groups (broad SMARTS) is 1. The standard InChI is InChI=1S/C22H20N2O2/c25-20(26)12-7-15-5-10-18(11-6-15)24-21(17-8-9-17)22-19-4-2-1-3-16(19)13-14-23-22/h1-6,10-11,13-14,24H,7-9,12H2,(H,25,26). The quantitative estimate of drug-likeness (QED) is 0.670. The Hall–Kier alpha value is -3.14. The van der Waals surface area contributed by atoms with E-state index in [1.165, 1.54) is 11.0 Å². The SMILES string of the molecule is O=C(O)CCc1ccc(NC(=C2CC2)c2nccc3ccccc23)cc1. The van der Waals surface area contributed by atoms with Crippen molar-refractivity contribution in [1.29, 1.82) is 0 Å². The van der Waals surface area contributed by atoms with Gasteiger partial charge < -0.3 is 10.4 Å². The monoisotopic (exact) mass is 344 g/mol. The summed E-state index contributed by atoms with van der Waals surface area (Å²) < 4.78 is 0. The maximum atomic E-state index is 10.7. The van der Waals surface area contributed by atoms with E-state index >= 15 is 0 Å². The lowest BCUT2D eigenvalue weighted by Gasteiger charge is -2.13. The highest BCUT2D eigenvalue weighted by Gasteiger charge is 2.21. The molecule has 0 saturated heterocycles. The van der Waals surface area contributed by atoms with Crippen molar-refractivity contribution in [2.24, 2.45) is 0 Å². The Kier molecular flexibility index (Phi) is 4.40. The molecule has 0 atom stereocenters. The molecule has 1 aromatic heterocycles. The average Bonchev–Trinajstić information content (AvgIpc) is 3.50. The summed E-state index contributed by atoms with van der Waals surface area (Å²) in [5.41, 5.74) is 5.50. The number of anilines is 1. The van der Waals surface area contributed by atoms with Gasteiger partial charge in [-0.15, -0.1) is 0 Å². The van der Waals surface area contributed by atoms with Gasteiger partial charge >= 0.3 is 5.97 Å². The van der Waals surface area contributed by atoms with Gasteiger partial charge in [-0.25, -0.2) is 0 Å². The zero-order chi connectivity index (χ0) is 17.9. The van der Waals surface area contributed by atoms with Crippen molar-refractivity contribution in [2.75, 3.05) is 5.32 Å². The first-order valence-corrected chi connectivity index (χ1v) is 8.84. The maximum absolute atomic E-state index is 10.7. The van der Waals surface area contributed by atoms with E-state index in [2.05, 4.69) is 22.4 Å². The summed E-state index contributed by atoms with van der Waals surface area (Å²) in [6, 6.07) is 18.3. The topological polar surface area (TPSA) is 62.2 Å². The Labute approximate surface area is 152 Å². The largest absolute Gasteiger partial charge is 0.481 e. The van der Waals surface area contributed by atoms with Crippen molar-refractivity contribution in [2.45, 2.75) is 25.7 Å². The van der Waals surface area contributed by atoms with Crippen LogP contribution in [0.1, 0.15) is 30.5 Å². The molecule has 3 aromatic rings. The first-order valence-electron chi connectivity index (χ1n) is 8.84. The fourth-order valence-electron chi connectivity index (χ4n) is 3.10. The van der Waals surface area contributed by atoms with Gasteiger partial charge in [0, 0.05) is 23.7 Å². The van der Waals surface area contributed by atoms with E-state index in [4.69, 9.17) is 5.11 Å². The van der Waals surface area contributed by atoms with Crippen LogP contribution in [0.15, 0.2) is 66.4 Å². The van der Waals surface area contributed by atoms with Crippen LogP contribution in [0.3, 0.4) is 0 Å². The molecule has 1 saturated carbocycles. The Morgan fingerprint density at radius 2 is 1.81 bits per heavy atom. The van der Waals surface area contributed by atoms with E-state index in [1.807, 2.05) is 48.7 Å². The molecule has 0 spiro atoms. The number of nitrogens with one attached hydrogen (secondary N) is 1. The molecule has 0 unspecified atom stereocenters. The molecule has 2 aromatic carbocycles. The predicted octanol–water partition coefficient (Wildman–Crippen LogP) is 4.87. The fourth-order valence-corrected chi connectivity index (χ4v) is 3.10. The van der Waals surface area contributed by atoms with Gasteiger partial charge in [0.15, 0.2) is 0 Å². The third-order valence-corrected chi connectivity index (χ3v) is 4.61. The molecular formula is C22H20N2O2. The Bertz CT molecular complexity index is 979. The zero-order valence-electron chi connectivity index (χ0n) is 14.4. The molecule has 0 radical (unpaired) electrons. The highest BCUT2D eigenvalue weighted by atomic mass is 16.4. The number of pyridine rings is 1. The van der Waals surface area contributed by atoms with Gasteiger partial charge in [-0.1, -0.05) is 36.4 Å². The summed E-state index contributed by atoms with van der Waals surface area (Å²) in [7, 11) is 0. The molecule has 1 aliphatic rings. The van der Waals surface area contributed by atoms with Gasteiger partial charge in [0.2, 0.25) is 0 Å². The summed E-state index contributed by atoms with van der Waals surface area (Å²) in [4.78, 5) is 15.4. The molecule has 4 nitrogen and oxygen atoms in total. The molecular weight excluding hydrogens is 324 g/mol. The third-order valence-electron chi connectivity index (χ3n) is 4.61. The third kappa shape index (κ3) is 3.59. The molecule has 2 N–H and O–H groups in total. The summed E-state index contributed by atoms with van der Waals surface area (Å²) >= 11 is 0. The molecule has 0 aliphatic heterocycles. The Morgan fingerprint density at radius 3 is 2.54 bits per heavy atom. The number of benzene rings is 2. The number of allylic oxidation sites excluding steroid dienone is 1. The highest BCUT2D eigenvalue weighted by molar-refractivity contribution is 5.95. The zero-order valence-corrected chi connectivity index (χ0v) is 14.4. The van der Waals surface area contributed by atoms with Crippen molar-refractivity contribution < 1.29 is 9.90 Å². The van der Waals surface area contributed by atoms with Crippen molar-refractivity contribution in [1.82, 2.24) is 4.98 Å². The average molecular weight is 344 g/mol. The summed E-state index contributed by atoms with van der Waals surface area (Å²) in [5, 5.41) is 14.7. The lowest BCUT2D eigenvalue weighted by molar-refractivity contribution is -0.136. The van der Waals surface area contributed by atoms with E-state index in [9.17, 15) is 4.79 Å². The molecule has 1 fully saturated rings. The van der Waals surface area contributed by atoms with Crippen LogP contribution in [-0.2, 0) is 11.2 Å². The van der Waals surface area contributed by atoms with Gasteiger partial charge in [0.1, 0.15) is 0 Å². The van der Waals surface area contributed by atoms with Crippen LogP contribution in [0.5, 0.6) is 0 Å². The van der Waals surface area contributed by atoms with E-state index in [0.717, 1.165) is 40.9 Å². The van der Waals surface area contributed by atoms with E-state index in [0.29, 0.717) is 6.42 Å².